The second-order valence-corrected chi connectivity index (χ2v) is 14.8. The van der Waals surface area contributed by atoms with Crippen LogP contribution in [-0.4, -0.2) is 29.8 Å². The van der Waals surface area contributed by atoms with Gasteiger partial charge in [0.25, 0.3) is 0 Å². The van der Waals surface area contributed by atoms with Gasteiger partial charge in [-0.25, -0.2) is 0 Å². The molecule has 0 radical (unpaired) electrons. The highest BCUT2D eigenvalue weighted by atomic mass is 31.2. The van der Waals surface area contributed by atoms with Crippen molar-refractivity contribution in [3.05, 3.63) is 68.8 Å². The summed E-state index contributed by atoms with van der Waals surface area (Å²) in [5, 5.41) is 0. The molecule has 2 aromatic rings. The summed E-state index contributed by atoms with van der Waals surface area (Å²) in [5.74, 6) is -0.757. The van der Waals surface area contributed by atoms with Crippen LogP contribution in [0.2, 0.25) is 0 Å². The van der Waals surface area contributed by atoms with Gasteiger partial charge in [0.2, 0.25) is 18.2 Å². The van der Waals surface area contributed by atoms with Gasteiger partial charge in [0.05, 0.1) is 6.61 Å². The van der Waals surface area contributed by atoms with Gasteiger partial charge in [-0.15, -0.1) is 0 Å². The molecule has 232 valence electrons. The Balaban J connectivity index is 2.04. The van der Waals surface area contributed by atoms with Crippen molar-refractivity contribution >= 4 is 24.2 Å². The molecule has 0 aliphatic carbocycles. The van der Waals surface area contributed by atoms with E-state index in [1.165, 1.54) is 57.8 Å². The van der Waals surface area contributed by atoms with Crippen molar-refractivity contribution in [2.45, 2.75) is 126 Å². The molecule has 0 saturated carbocycles. The number of aryl methyl sites for hydroxylation is 6. The molecule has 5 nitrogen and oxygen atoms in total. The Morgan fingerprint density at radius 1 is 0.571 bits per heavy atom. The number of ether oxygens (including phenoxy) is 1. The minimum Gasteiger partial charge on any atom is -0.465 e. The smallest absolute Gasteiger partial charge is 0.314 e. The molecule has 0 unspecified atom stereocenters. The Morgan fingerprint density at radius 3 is 1.26 bits per heavy atom. The minimum atomic E-state index is -4.38. The Bertz CT molecular complexity index is 1160. The third-order valence-electron chi connectivity index (χ3n) is 8.05. The van der Waals surface area contributed by atoms with Crippen LogP contribution in [0.15, 0.2) is 24.3 Å². The molecule has 0 aliphatic rings. The van der Waals surface area contributed by atoms with Crippen LogP contribution in [0.5, 0.6) is 0 Å². The summed E-state index contributed by atoms with van der Waals surface area (Å²) in [5.41, 5.74) is 3.51. The van der Waals surface area contributed by atoms with Crippen LogP contribution in [0.4, 0.5) is 0 Å². The summed E-state index contributed by atoms with van der Waals surface area (Å²) >= 11 is 0. The number of benzene rings is 2. The molecule has 0 N–H and O–H groups in total. The van der Waals surface area contributed by atoms with Crippen molar-refractivity contribution in [3.8, 4) is 0 Å². The lowest BCUT2D eigenvalue weighted by atomic mass is 10.0. The Hall–Kier alpha value is -2.52. The summed E-state index contributed by atoms with van der Waals surface area (Å²) in [4.78, 5) is 40.9. The monoisotopic (exact) mass is 596 g/mol. The van der Waals surface area contributed by atoms with Gasteiger partial charge in [-0.1, -0.05) is 113 Å². The van der Waals surface area contributed by atoms with Crippen molar-refractivity contribution in [3.63, 3.8) is 0 Å². The number of carbonyl (C=O) groups is 3. The zero-order valence-electron chi connectivity index (χ0n) is 27.2. The summed E-state index contributed by atoms with van der Waals surface area (Å²) in [6, 6.07) is 7.35. The van der Waals surface area contributed by atoms with E-state index < -0.39 is 30.3 Å². The van der Waals surface area contributed by atoms with Crippen molar-refractivity contribution in [1.82, 2.24) is 0 Å². The van der Waals surface area contributed by atoms with E-state index >= 15 is 0 Å². The first-order chi connectivity index (χ1) is 19.9. The van der Waals surface area contributed by atoms with Crippen LogP contribution in [0, 0.1) is 41.5 Å². The van der Waals surface area contributed by atoms with E-state index in [-0.39, 0.29) is 17.7 Å². The molecular formula is C36H53O5P. The topological polar surface area (TPSA) is 77.5 Å². The highest BCUT2D eigenvalue weighted by Gasteiger charge is 2.45. The zero-order valence-corrected chi connectivity index (χ0v) is 28.1. The highest BCUT2D eigenvalue weighted by molar-refractivity contribution is 7.96. The largest absolute Gasteiger partial charge is 0.465 e. The van der Waals surface area contributed by atoms with Gasteiger partial charge >= 0.3 is 5.97 Å². The standard InChI is InChI=1S/C36H53O5P/c1-8-9-10-11-12-13-14-15-16-17-18-19-20-41-32(37)25-42(40,35(38)33-28(4)21-26(2)22-29(33)5)36(39)34-30(6)23-27(3)24-31(34)7/h21-24H,8-20,25H2,1-7H3. The fraction of sp³-hybridized carbons (Fsp3) is 0.583. The van der Waals surface area contributed by atoms with Crippen LogP contribution < -0.4 is 0 Å². The van der Waals surface area contributed by atoms with E-state index in [1.54, 1.807) is 27.7 Å². The molecule has 0 atom stereocenters. The quantitative estimate of drug-likeness (QED) is 0.0916. The molecule has 0 fully saturated rings. The Kier molecular flexibility index (Phi) is 14.9. The van der Waals surface area contributed by atoms with Crippen molar-refractivity contribution in [2.75, 3.05) is 12.8 Å². The average Bonchev–Trinajstić information content (AvgIpc) is 2.89. The summed E-state index contributed by atoms with van der Waals surface area (Å²) in [6.45, 7) is 13.4. The molecule has 0 aromatic heterocycles. The van der Waals surface area contributed by atoms with Gasteiger partial charge in [0, 0.05) is 11.1 Å². The molecule has 0 spiro atoms. The lowest BCUT2D eigenvalue weighted by Gasteiger charge is -2.20. The predicted octanol–water partition coefficient (Wildman–Crippen LogP) is 10.1. The summed E-state index contributed by atoms with van der Waals surface area (Å²) < 4.78 is 20.0. The molecule has 2 rings (SSSR count). The molecule has 0 amide bonds. The van der Waals surface area contributed by atoms with Crippen molar-refractivity contribution in [2.24, 2.45) is 0 Å². The maximum atomic E-state index is 14.5. The number of hydrogen-bond acceptors (Lipinski definition) is 5. The maximum absolute atomic E-state index is 14.5. The molecule has 2 aromatic carbocycles. The summed E-state index contributed by atoms with van der Waals surface area (Å²) in [7, 11) is -4.38. The van der Waals surface area contributed by atoms with Crippen molar-refractivity contribution in [1.29, 1.82) is 0 Å². The predicted molar refractivity (Wildman–Crippen MR) is 174 cm³/mol. The van der Waals surface area contributed by atoms with Crippen LogP contribution in [-0.2, 0) is 14.1 Å². The molecule has 6 heteroatoms. The number of unbranched alkanes of at least 4 members (excludes halogenated alkanes) is 11. The molecular weight excluding hydrogens is 543 g/mol. The third kappa shape index (κ3) is 10.3. The molecule has 0 heterocycles. The Morgan fingerprint density at radius 2 is 0.905 bits per heavy atom. The number of rotatable bonds is 19. The lowest BCUT2D eigenvalue weighted by molar-refractivity contribution is -0.140. The van der Waals surface area contributed by atoms with E-state index in [9.17, 15) is 18.9 Å². The van der Waals surface area contributed by atoms with Gasteiger partial charge in [-0.2, -0.15) is 0 Å². The molecule has 0 aliphatic heterocycles. The van der Waals surface area contributed by atoms with Crippen LogP contribution in [0.3, 0.4) is 0 Å². The SMILES string of the molecule is CCCCCCCCCCCCCCOC(=O)CP(=O)(C(=O)c1c(C)cc(C)cc1C)C(=O)c1c(C)cc(C)cc1C. The second kappa shape index (κ2) is 17.6. The van der Waals surface area contributed by atoms with Gasteiger partial charge in [0.15, 0.2) is 0 Å². The first kappa shape index (κ1) is 35.7. The van der Waals surface area contributed by atoms with Gasteiger partial charge < -0.3 is 9.30 Å². The van der Waals surface area contributed by atoms with Crippen molar-refractivity contribution < 1.29 is 23.7 Å². The molecule has 42 heavy (non-hydrogen) atoms. The van der Waals surface area contributed by atoms with Gasteiger partial charge in [-0.3, -0.25) is 14.4 Å². The van der Waals surface area contributed by atoms with E-state index in [0.29, 0.717) is 28.7 Å². The van der Waals surface area contributed by atoms with Crippen LogP contribution >= 0.6 is 7.14 Å². The summed E-state index contributed by atoms with van der Waals surface area (Å²) in [6.07, 6.45) is 13.7. The van der Waals surface area contributed by atoms with E-state index in [0.717, 1.165) is 24.0 Å². The van der Waals surface area contributed by atoms with E-state index in [2.05, 4.69) is 6.92 Å². The number of esters is 1. The van der Waals surface area contributed by atoms with Crippen LogP contribution in [0.1, 0.15) is 138 Å². The minimum absolute atomic E-state index is 0.198. The fourth-order valence-electron chi connectivity index (χ4n) is 5.99. The van der Waals surface area contributed by atoms with E-state index in [1.807, 2.05) is 38.1 Å². The normalized spacial score (nSPS) is 11.5. The fourth-order valence-corrected chi connectivity index (χ4v) is 8.34. The van der Waals surface area contributed by atoms with Gasteiger partial charge in [0.1, 0.15) is 6.16 Å². The first-order valence-corrected chi connectivity index (χ1v) is 17.8. The third-order valence-corrected chi connectivity index (χ3v) is 10.5. The van der Waals surface area contributed by atoms with Gasteiger partial charge in [-0.05, 0) is 70.2 Å². The Labute approximate surface area is 254 Å². The molecule has 0 saturated heterocycles. The second-order valence-electron chi connectivity index (χ2n) is 12.2. The average molecular weight is 597 g/mol. The molecule has 0 bridgehead atoms. The lowest BCUT2D eigenvalue weighted by Crippen LogP contribution is -2.22. The number of carbonyl (C=O) groups excluding carboxylic acids is 3. The highest BCUT2D eigenvalue weighted by Crippen LogP contribution is 2.53. The van der Waals surface area contributed by atoms with Crippen LogP contribution in [0.25, 0.3) is 0 Å². The zero-order chi connectivity index (χ0) is 31.3. The number of hydrogen-bond donors (Lipinski definition) is 0. The van der Waals surface area contributed by atoms with E-state index in [4.69, 9.17) is 4.74 Å². The maximum Gasteiger partial charge on any atom is 0.314 e. The first-order valence-electron chi connectivity index (χ1n) is 15.9.